The molecule has 2 heterocycles. The third-order valence-corrected chi connectivity index (χ3v) is 5.95. The minimum Gasteiger partial charge on any atom is -0.467 e. The van der Waals surface area contributed by atoms with Crippen LogP contribution in [-0.2, 0) is 11.3 Å². The third-order valence-electron chi connectivity index (χ3n) is 4.74. The quantitative estimate of drug-likeness (QED) is 0.247. The maximum Gasteiger partial charge on any atom is 0.269 e. The van der Waals surface area contributed by atoms with Crippen LogP contribution < -0.4 is 16.4 Å². The van der Waals surface area contributed by atoms with E-state index in [4.69, 9.17) is 16.0 Å². The Hall–Kier alpha value is -3.56. The topological polar surface area (TPSA) is 106 Å². The fourth-order valence-electron chi connectivity index (χ4n) is 3.05. The number of aryl methyl sites for hydroxylation is 1. The predicted octanol–water partition coefficient (Wildman–Crippen LogP) is 3.55. The Labute approximate surface area is 197 Å². The van der Waals surface area contributed by atoms with E-state index in [1.165, 1.54) is 10.8 Å². The lowest BCUT2D eigenvalue weighted by molar-refractivity contribution is -0.119. The van der Waals surface area contributed by atoms with Crippen molar-refractivity contribution >= 4 is 46.1 Å². The Morgan fingerprint density at radius 3 is 2.64 bits per heavy atom. The number of carbonyl (C=O) groups excluding carboxylic acids is 2. The monoisotopic (exact) mass is 482 g/mol. The third kappa shape index (κ3) is 5.44. The molecule has 0 saturated heterocycles. The molecule has 0 aliphatic rings. The van der Waals surface area contributed by atoms with E-state index in [2.05, 4.69) is 15.8 Å². The maximum absolute atomic E-state index is 13.1. The van der Waals surface area contributed by atoms with Crippen molar-refractivity contribution in [3.63, 3.8) is 0 Å². The van der Waals surface area contributed by atoms with Crippen molar-refractivity contribution in [2.24, 2.45) is 0 Å². The maximum atomic E-state index is 13.1. The highest BCUT2D eigenvalue weighted by Crippen LogP contribution is 2.21. The number of hydrazine groups is 1. The van der Waals surface area contributed by atoms with Gasteiger partial charge in [-0.2, -0.15) is 0 Å². The molecule has 33 heavy (non-hydrogen) atoms. The molecule has 2 amide bonds. The first-order valence-corrected chi connectivity index (χ1v) is 11.3. The van der Waals surface area contributed by atoms with Gasteiger partial charge in [0.2, 0.25) is 5.91 Å². The summed E-state index contributed by atoms with van der Waals surface area (Å²) >= 11 is 7.13. The zero-order chi connectivity index (χ0) is 23.4. The van der Waals surface area contributed by atoms with Gasteiger partial charge in [-0.15, -0.1) is 0 Å². The lowest BCUT2D eigenvalue weighted by Crippen LogP contribution is -2.42. The summed E-state index contributed by atoms with van der Waals surface area (Å²) in [6.07, 6.45) is 1.52. The molecule has 0 aliphatic heterocycles. The minimum absolute atomic E-state index is 0.0785. The number of fused-ring (bicyclic) bond motifs is 1. The number of amides is 2. The highest BCUT2D eigenvalue weighted by atomic mass is 35.5. The van der Waals surface area contributed by atoms with Crippen LogP contribution in [0.4, 0.5) is 0 Å². The van der Waals surface area contributed by atoms with Crippen LogP contribution in [-0.4, -0.2) is 27.1 Å². The van der Waals surface area contributed by atoms with Crippen LogP contribution in [0, 0.1) is 6.92 Å². The average molecular weight is 483 g/mol. The Balaban J connectivity index is 1.49. The lowest BCUT2D eigenvalue weighted by Gasteiger charge is -2.12. The van der Waals surface area contributed by atoms with Crippen molar-refractivity contribution < 1.29 is 14.0 Å². The second-order valence-electron chi connectivity index (χ2n) is 7.18. The molecular formula is C23H19ClN4O4S. The molecule has 10 heteroatoms. The second kappa shape index (κ2) is 9.93. The number of thioether (sulfide) groups is 1. The number of furan rings is 1. The second-order valence-corrected chi connectivity index (χ2v) is 8.56. The molecule has 0 aliphatic carbocycles. The summed E-state index contributed by atoms with van der Waals surface area (Å²) in [6, 6.07) is 15.3. The SMILES string of the molecule is Cc1ccc(C(=O)NNC(=O)CSc2nc3cc(Cl)ccc3c(=O)n2Cc2ccco2)cc1. The Morgan fingerprint density at radius 1 is 1.12 bits per heavy atom. The summed E-state index contributed by atoms with van der Waals surface area (Å²) < 4.78 is 6.82. The van der Waals surface area contributed by atoms with Gasteiger partial charge in [0, 0.05) is 10.6 Å². The number of aromatic nitrogens is 2. The molecule has 4 rings (SSSR count). The molecule has 0 fully saturated rings. The van der Waals surface area contributed by atoms with Crippen molar-refractivity contribution in [2.75, 3.05) is 5.75 Å². The van der Waals surface area contributed by atoms with Gasteiger partial charge >= 0.3 is 0 Å². The molecule has 2 aromatic carbocycles. The fourth-order valence-corrected chi connectivity index (χ4v) is 4.02. The van der Waals surface area contributed by atoms with Gasteiger partial charge in [-0.05, 0) is 49.4 Å². The van der Waals surface area contributed by atoms with Crippen molar-refractivity contribution in [3.05, 3.63) is 93.1 Å². The van der Waals surface area contributed by atoms with Crippen LogP contribution in [0.5, 0.6) is 0 Å². The average Bonchev–Trinajstić information content (AvgIpc) is 3.32. The molecule has 168 valence electrons. The largest absolute Gasteiger partial charge is 0.467 e. The van der Waals surface area contributed by atoms with E-state index < -0.39 is 11.8 Å². The first-order chi connectivity index (χ1) is 15.9. The van der Waals surface area contributed by atoms with E-state index in [9.17, 15) is 14.4 Å². The van der Waals surface area contributed by atoms with Gasteiger partial charge < -0.3 is 4.42 Å². The first kappa shape index (κ1) is 22.6. The normalized spacial score (nSPS) is 10.8. The van der Waals surface area contributed by atoms with E-state index in [-0.39, 0.29) is 17.9 Å². The number of benzene rings is 2. The number of halogens is 1. The van der Waals surface area contributed by atoms with Gasteiger partial charge in [0.15, 0.2) is 5.16 Å². The van der Waals surface area contributed by atoms with Crippen LogP contribution in [0.1, 0.15) is 21.7 Å². The molecular weight excluding hydrogens is 464 g/mol. The summed E-state index contributed by atoms with van der Waals surface area (Å²) in [5.74, 6) is -0.388. The van der Waals surface area contributed by atoms with E-state index in [1.54, 1.807) is 42.5 Å². The number of carbonyl (C=O) groups is 2. The molecule has 0 bridgehead atoms. The molecule has 0 saturated carbocycles. The highest BCUT2D eigenvalue weighted by molar-refractivity contribution is 7.99. The smallest absolute Gasteiger partial charge is 0.269 e. The summed E-state index contributed by atoms with van der Waals surface area (Å²) in [4.78, 5) is 42.1. The summed E-state index contributed by atoms with van der Waals surface area (Å²) in [5.41, 5.74) is 6.36. The van der Waals surface area contributed by atoms with E-state index >= 15 is 0 Å². The van der Waals surface area contributed by atoms with E-state index in [0.717, 1.165) is 17.3 Å². The van der Waals surface area contributed by atoms with Crippen LogP contribution in [0.3, 0.4) is 0 Å². The number of hydrogen-bond donors (Lipinski definition) is 2. The van der Waals surface area contributed by atoms with Crippen molar-refractivity contribution in [1.29, 1.82) is 0 Å². The Morgan fingerprint density at radius 2 is 1.91 bits per heavy atom. The number of rotatable bonds is 6. The summed E-state index contributed by atoms with van der Waals surface area (Å²) in [7, 11) is 0. The van der Waals surface area contributed by atoms with E-state index in [0.29, 0.717) is 32.4 Å². The van der Waals surface area contributed by atoms with Crippen molar-refractivity contribution in [3.8, 4) is 0 Å². The molecule has 4 aromatic rings. The molecule has 0 unspecified atom stereocenters. The van der Waals surface area contributed by atoms with Gasteiger partial charge in [0.25, 0.3) is 11.5 Å². The minimum atomic E-state index is -0.453. The summed E-state index contributed by atoms with van der Waals surface area (Å²) in [6.45, 7) is 2.08. The summed E-state index contributed by atoms with van der Waals surface area (Å²) in [5, 5.41) is 1.18. The van der Waals surface area contributed by atoms with Crippen LogP contribution in [0.25, 0.3) is 10.9 Å². The molecule has 2 aromatic heterocycles. The van der Waals surface area contributed by atoms with Crippen molar-refractivity contribution in [2.45, 2.75) is 18.6 Å². The zero-order valence-electron chi connectivity index (χ0n) is 17.5. The Kier molecular flexibility index (Phi) is 6.81. The predicted molar refractivity (Wildman–Crippen MR) is 126 cm³/mol. The zero-order valence-corrected chi connectivity index (χ0v) is 19.1. The van der Waals surface area contributed by atoms with Gasteiger partial charge in [-0.1, -0.05) is 41.1 Å². The van der Waals surface area contributed by atoms with Crippen LogP contribution in [0.2, 0.25) is 5.02 Å². The van der Waals surface area contributed by atoms with Gasteiger partial charge in [0.05, 0.1) is 29.5 Å². The molecule has 8 nitrogen and oxygen atoms in total. The molecule has 0 atom stereocenters. The number of hydrogen-bond acceptors (Lipinski definition) is 6. The van der Waals surface area contributed by atoms with Crippen molar-refractivity contribution in [1.82, 2.24) is 20.4 Å². The highest BCUT2D eigenvalue weighted by Gasteiger charge is 2.15. The lowest BCUT2D eigenvalue weighted by atomic mass is 10.1. The Bertz CT molecular complexity index is 1370. The van der Waals surface area contributed by atoms with Gasteiger partial charge in [-0.3, -0.25) is 29.8 Å². The van der Waals surface area contributed by atoms with Gasteiger partial charge in [-0.25, -0.2) is 4.98 Å². The molecule has 0 radical (unpaired) electrons. The fraction of sp³-hybridized carbons (Fsp3) is 0.130. The van der Waals surface area contributed by atoms with Crippen LogP contribution in [0.15, 0.2) is 75.2 Å². The van der Waals surface area contributed by atoms with Gasteiger partial charge in [0.1, 0.15) is 5.76 Å². The van der Waals surface area contributed by atoms with Crippen LogP contribution >= 0.6 is 23.4 Å². The van der Waals surface area contributed by atoms with E-state index in [1.807, 2.05) is 19.1 Å². The first-order valence-electron chi connectivity index (χ1n) is 9.92. The molecule has 0 spiro atoms. The molecule has 2 N–H and O–H groups in total. The number of nitrogens with one attached hydrogen (secondary N) is 2. The number of nitrogens with zero attached hydrogens (tertiary/aromatic N) is 2. The standard InChI is InChI=1S/C23H19ClN4O4S/c1-14-4-6-15(7-5-14)21(30)27-26-20(29)13-33-23-25-19-11-16(24)8-9-18(19)22(31)28(23)12-17-3-2-10-32-17/h2-11H,12-13H2,1H3,(H,26,29)(H,27,30).